The average Bonchev–Trinajstić information content (AvgIpc) is 3.51. The number of benzene rings is 4. The zero-order chi connectivity index (χ0) is 27.0. The smallest absolute Gasteiger partial charge is 0.241 e. The van der Waals surface area contributed by atoms with Crippen LogP contribution in [0.3, 0.4) is 0 Å². The van der Waals surface area contributed by atoms with Gasteiger partial charge in [-0.2, -0.15) is 9.78 Å². The first-order valence-electron chi connectivity index (χ1n) is 12.0. The van der Waals surface area contributed by atoms with Crippen LogP contribution in [0.2, 0.25) is 5.02 Å². The van der Waals surface area contributed by atoms with Crippen LogP contribution < -0.4 is 9.46 Å². The van der Waals surface area contributed by atoms with E-state index in [2.05, 4.69) is 20.0 Å². The Bertz CT molecular complexity index is 1800. The van der Waals surface area contributed by atoms with E-state index in [-0.39, 0.29) is 10.1 Å². The average molecular weight is 576 g/mol. The van der Waals surface area contributed by atoms with Gasteiger partial charge in [-0.25, -0.2) is 13.1 Å². The number of nitrogens with zero attached hydrogens (tertiary/aromatic N) is 4. The Balaban J connectivity index is 1.37. The van der Waals surface area contributed by atoms with Gasteiger partial charge in [-0.1, -0.05) is 71.9 Å². The highest BCUT2D eigenvalue weighted by Gasteiger charge is 2.38. The Morgan fingerprint density at radius 3 is 2.51 bits per heavy atom. The molecule has 1 aromatic heterocycles. The fraction of sp³-hybridized carbons (Fsp3) is 0.107. The van der Waals surface area contributed by atoms with Crippen molar-refractivity contribution in [1.82, 2.24) is 19.6 Å². The molecule has 0 spiro atoms. The summed E-state index contributed by atoms with van der Waals surface area (Å²) in [5.41, 5.74) is 2.72. The van der Waals surface area contributed by atoms with E-state index >= 15 is 0 Å². The molecule has 8 nitrogen and oxygen atoms in total. The molecule has 1 heterocycles. The molecule has 0 bridgehead atoms. The molecule has 0 aliphatic heterocycles. The van der Waals surface area contributed by atoms with Crippen molar-refractivity contribution in [2.24, 2.45) is 5.10 Å². The molecule has 0 unspecified atom stereocenters. The lowest BCUT2D eigenvalue weighted by Crippen LogP contribution is -2.30. The second-order valence-electron chi connectivity index (χ2n) is 8.83. The van der Waals surface area contributed by atoms with E-state index in [9.17, 15) is 8.42 Å². The molecule has 0 amide bonds. The number of thioether (sulfide) groups is 1. The Morgan fingerprint density at radius 2 is 1.74 bits per heavy atom. The normalized spacial score (nSPS) is 16.8. The SMILES string of the molecule is COc1ccccc1/C=N\n1cnnc1S[C@@H]1c2cccc3cccc(c23)[C@@H]1NS(=O)(=O)c1ccc(Cl)cc1. The fourth-order valence-electron chi connectivity index (χ4n) is 4.73. The fourth-order valence-corrected chi connectivity index (χ4v) is 7.37. The molecule has 2 atom stereocenters. The highest BCUT2D eigenvalue weighted by atomic mass is 35.5. The first kappa shape index (κ1) is 25.6. The van der Waals surface area contributed by atoms with Gasteiger partial charge >= 0.3 is 0 Å². The molecule has 0 saturated carbocycles. The summed E-state index contributed by atoms with van der Waals surface area (Å²) in [4.78, 5) is 0.142. The van der Waals surface area contributed by atoms with Gasteiger partial charge in [0.15, 0.2) is 0 Å². The maximum Gasteiger partial charge on any atom is 0.241 e. The lowest BCUT2D eigenvalue weighted by Gasteiger charge is -2.22. The molecule has 0 fully saturated rings. The minimum Gasteiger partial charge on any atom is -0.496 e. The number of hydrogen-bond donors (Lipinski definition) is 1. The van der Waals surface area contributed by atoms with Gasteiger partial charge in [-0.3, -0.25) is 0 Å². The molecule has 0 radical (unpaired) electrons. The molecule has 1 aliphatic rings. The minimum atomic E-state index is -3.86. The largest absolute Gasteiger partial charge is 0.496 e. The summed E-state index contributed by atoms with van der Waals surface area (Å²) in [6, 6.07) is 25.1. The molecule has 1 N–H and O–H groups in total. The summed E-state index contributed by atoms with van der Waals surface area (Å²) in [6.45, 7) is 0. The number of halogens is 1. The van der Waals surface area contributed by atoms with E-state index in [1.165, 1.54) is 30.2 Å². The molecule has 5 aromatic rings. The Kier molecular flexibility index (Phi) is 6.86. The van der Waals surface area contributed by atoms with Gasteiger partial charge in [-0.05, 0) is 58.3 Å². The molecule has 0 saturated heterocycles. The van der Waals surface area contributed by atoms with Crippen molar-refractivity contribution in [2.75, 3.05) is 7.11 Å². The van der Waals surface area contributed by atoms with Gasteiger partial charge in [0.1, 0.15) is 12.1 Å². The topological polar surface area (TPSA) is 98.5 Å². The summed E-state index contributed by atoms with van der Waals surface area (Å²) in [7, 11) is -2.25. The van der Waals surface area contributed by atoms with Gasteiger partial charge in [0.2, 0.25) is 15.2 Å². The van der Waals surface area contributed by atoms with Gasteiger partial charge in [-0.15, -0.1) is 10.2 Å². The molecule has 6 rings (SSSR count). The summed E-state index contributed by atoms with van der Waals surface area (Å²) in [6.07, 6.45) is 3.20. The number of nitrogens with one attached hydrogen (secondary N) is 1. The third-order valence-corrected chi connectivity index (χ3v) is 9.48. The zero-order valence-corrected chi connectivity index (χ0v) is 23.0. The van der Waals surface area contributed by atoms with Crippen LogP contribution >= 0.6 is 23.4 Å². The highest BCUT2D eigenvalue weighted by molar-refractivity contribution is 7.99. The standard InChI is InChI=1S/C28H22ClN5O3S2/c1-37-24-11-3-2-6-19(24)16-31-34-17-30-32-28(34)38-27-23-10-5-8-18-7-4-9-22(25(18)23)26(27)33-39(35,36)21-14-12-20(29)13-15-21/h2-17,26-27,33H,1H3/b31-16-/t26-,27+/m0/s1. The molecule has 1 aliphatic carbocycles. The molecule has 11 heteroatoms. The third kappa shape index (κ3) is 4.92. The van der Waals surface area contributed by atoms with E-state index in [4.69, 9.17) is 16.3 Å². The number of ether oxygens (including phenoxy) is 1. The van der Waals surface area contributed by atoms with Gasteiger partial charge in [0, 0.05) is 10.6 Å². The van der Waals surface area contributed by atoms with Crippen LogP contribution in [0, 0.1) is 0 Å². The van der Waals surface area contributed by atoms with Crippen molar-refractivity contribution >= 4 is 50.4 Å². The lowest BCUT2D eigenvalue weighted by molar-refractivity contribution is 0.414. The van der Waals surface area contributed by atoms with E-state index in [1.54, 1.807) is 30.1 Å². The van der Waals surface area contributed by atoms with Crippen molar-refractivity contribution in [3.63, 3.8) is 0 Å². The van der Waals surface area contributed by atoms with Crippen molar-refractivity contribution in [1.29, 1.82) is 0 Å². The summed E-state index contributed by atoms with van der Waals surface area (Å²) >= 11 is 7.40. The van der Waals surface area contributed by atoms with E-state index in [1.807, 2.05) is 60.7 Å². The van der Waals surface area contributed by atoms with Crippen LogP contribution in [0.25, 0.3) is 10.8 Å². The summed E-state index contributed by atoms with van der Waals surface area (Å²) in [5, 5.41) is 15.7. The van der Waals surface area contributed by atoms with Crippen molar-refractivity contribution in [2.45, 2.75) is 21.3 Å². The number of rotatable bonds is 8. The number of para-hydroxylation sites is 1. The summed E-state index contributed by atoms with van der Waals surface area (Å²) in [5.74, 6) is 0.693. The Hall–Kier alpha value is -3.70. The van der Waals surface area contributed by atoms with Crippen molar-refractivity contribution in [3.05, 3.63) is 113 Å². The molecule has 39 heavy (non-hydrogen) atoms. The number of methoxy groups -OCH3 is 1. The minimum absolute atomic E-state index is 0.142. The van der Waals surface area contributed by atoms with Crippen LogP contribution in [0.4, 0.5) is 0 Å². The molecule has 196 valence electrons. The summed E-state index contributed by atoms with van der Waals surface area (Å²) < 4.78 is 36.9. The lowest BCUT2D eigenvalue weighted by atomic mass is 10.1. The van der Waals surface area contributed by atoms with Crippen LogP contribution in [-0.4, -0.2) is 36.6 Å². The van der Waals surface area contributed by atoms with Crippen molar-refractivity contribution < 1.29 is 13.2 Å². The quantitative estimate of drug-likeness (QED) is 0.233. The van der Waals surface area contributed by atoms with Crippen molar-refractivity contribution in [3.8, 4) is 5.75 Å². The number of hydrogen-bond acceptors (Lipinski definition) is 7. The van der Waals surface area contributed by atoms with Gasteiger partial charge < -0.3 is 4.74 Å². The third-order valence-electron chi connectivity index (χ3n) is 6.51. The zero-order valence-electron chi connectivity index (χ0n) is 20.6. The highest BCUT2D eigenvalue weighted by Crippen LogP contribution is 2.53. The Morgan fingerprint density at radius 1 is 1.00 bits per heavy atom. The monoisotopic (exact) mass is 575 g/mol. The molecular weight excluding hydrogens is 554 g/mol. The van der Waals surface area contributed by atoms with Gasteiger partial charge in [0.05, 0.1) is 29.5 Å². The molecule has 4 aromatic carbocycles. The first-order chi connectivity index (χ1) is 18.9. The number of aromatic nitrogens is 3. The first-order valence-corrected chi connectivity index (χ1v) is 14.7. The van der Waals surface area contributed by atoms with Crippen LogP contribution in [0.5, 0.6) is 5.75 Å². The van der Waals surface area contributed by atoms with Crippen LogP contribution in [-0.2, 0) is 10.0 Å². The maximum absolute atomic E-state index is 13.5. The maximum atomic E-state index is 13.5. The van der Waals surface area contributed by atoms with E-state index in [0.29, 0.717) is 15.9 Å². The predicted molar refractivity (Wildman–Crippen MR) is 153 cm³/mol. The van der Waals surface area contributed by atoms with E-state index < -0.39 is 16.1 Å². The van der Waals surface area contributed by atoms with Crippen LogP contribution in [0.1, 0.15) is 28.0 Å². The second kappa shape index (κ2) is 10.5. The Labute approximate surface area is 234 Å². The molecular formula is C28H22ClN5O3S2. The van der Waals surface area contributed by atoms with Gasteiger partial charge in [0.25, 0.3) is 0 Å². The van der Waals surface area contributed by atoms with E-state index in [0.717, 1.165) is 27.5 Å². The number of sulfonamides is 1. The predicted octanol–water partition coefficient (Wildman–Crippen LogP) is 5.84. The van der Waals surface area contributed by atoms with Crippen LogP contribution in [0.15, 0.2) is 106 Å². The second-order valence-corrected chi connectivity index (χ2v) is 12.1.